The molecule has 1 amide bonds. The Morgan fingerprint density at radius 1 is 0.964 bits per heavy atom. The van der Waals surface area contributed by atoms with Crippen molar-refractivity contribution in [2.45, 2.75) is 6.04 Å². The Balaban J connectivity index is 1.54. The smallest absolute Gasteiger partial charge is 0.251 e. The van der Waals surface area contributed by atoms with E-state index in [1.165, 1.54) is 5.69 Å². The molecule has 0 saturated carbocycles. The van der Waals surface area contributed by atoms with Crippen molar-refractivity contribution < 1.29 is 4.79 Å². The standard InChI is InChI=1S/C23H28N4O/c1-25-13-15-27(16-14-25)22(21-11-6-12-26(21)2)17-24-23(28)20-10-5-8-18-7-3-4-9-19(18)20/h3-12,22H,13-17H2,1-2H3,(H,24,28). The zero-order chi connectivity index (χ0) is 19.5. The second-order valence-corrected chi connectivity index (χ2v) is 7.64. The number of hydrogen-bond donors (Lipinski definition) is 1. The van der Waals surface area contributed by atoms with E-state index >= 15 is 0 Å². The molecule has 4 rings (SSSR count). The highest BCUT2D eigenvalue weighted by Gasteiger charge is 2.26. The monoisotopic (exact) mass is 376 g/mol. The van der Waals surface area contributed by atoms with E-state index in [0.29, 0.717) is 6.54 Å². The number of likely N-dealkylation sites (N-methyl/N-ethyl adjacent to an activating group) is 1. The molecule has 0 bridgehead atoms. The average Bonchev–Trinajstić information content (AvgIpc) is 3.14. The predicted molar refractivity (Wildman–Crippen MR) is 114 cm³/mol. The van der Waals surface area contributed by atoms with Crippen molar-refractivity contribution in [3.63, 3.8) is 0 Å². The maximum atomic E-state index is 13.0. The minimum absolute atomic E-state index is 0.00913. The van der Waals surface area contributed by atoms with Crippen LogP contribution in [0.5, 0.6) is 0 Å². The van der Waals surface area contributed by atoms with Crippen LogP contribution in [0, 0.1) is 0 Å². The highest BCUT2D eigenvalue weighted by atomic mass is 16.1. The number of rotatable bonds is 5. The third-order valence-electron chi connectivity index (χ3n) is 5.79. The Morgan fingerprint density at radius 3 is 2.46 bits per heavy atom. The molecule has 0 spiro atoms. The van der Waals surface area contributed by atoms with Gasteiger partial charge in [0.25, 0.3) is 5.91 Å². The maximum absolute atomic E-state index is 13.0. The first-order valence-corrected chi connectivity index (χ1v) is 9.93. The minimum Gasteiger partial charge on any atom is -0.353 e. The Morgan fingerprint density at radius 2 is 1.71 bits per heavy atom. The SMILES string of the molecule is CN1CCN(C(CNC(=O)c2cccc3ccccc23)c2cccn2C)CC1. The van der Waals surface area contributed by atoms with Crippen molar-refractivity contribution in [2.75, 3.05) is 39.8 Å². The summed E-state index contributed by atoms with van der Waals surface area (Å²) in [6.07, 6.45) is 2.07. The van der Waals surface area contributed by atoms with Crippen molar-refractivity contribution in [1.29, 1.82) is 0 Å². The van der Waals surface area contributed by atoms with Crippen LogP contribution in [0.25, 0.3) is 10.8 Å². The van der Waals surface area contributed by atoms with Gasteiger partial charge in [0, 0.05) is 57.2 Å². The van der Waals surface area contributed by atoms with Gasteiger partial charge in [0.05, 0.1) is 6.04 Å². The molecule has 0 radical (unpaired) electrons. The van der Waals surface area contributed by atoms with Crippen LogP contribution >= 0.6 is 0 Å². The molecule has 0 aliphatic carbocycles. The number of fused-ring (bicyclic) bond motifs is 1. The van der Waals surface area contributed by atoms with Crippen molar-refractivity contribution >= 4 is 16.7 Å². The number of nitrogens with one attached hydrogen (secondary N) is 1. The number of aromatic nitrogens is 1. The summed E-state index contributed by atoms with van der Waals surface area (Å²) in [5.74, 6) is -0.00913. The fraction of sp³-hybridized carbons (Fsp3) is 0.348. The summed E-state index contributed by atoms with van der Waals surface area (Å²) >= 11 is 0. The summed E-state index contributed by atoms with van der Waals surface area (Å²) in [6.45, 7) is 4.73. The Labute approximate surface area is 166 Å². The van der Waals surface area contributed by atoms with E-state index in [-0.39, 0.29) is 11.9 Å². The number of carbonyl (C=O) groups is 1. The van der Waals surface area contributed by atoms with Crippen molar-refractivity contribution in [3.05, 3.63) is 72.1 Å². The summed E-state index contributed by atoms with van der Waals surface area (Å²) in [6, 6.07) is 18.4. The zero-order valence-corrected chi connectivity index (χ0v) is 16.6. The fourth-order valence-corrected chi connectivity index (χ4v) is 4.08. The molecule has 1 saturated heterocycles. The maximum Gasteiger partial charge on any atom is 0.251 e. The number of hydrogen-bond acceptors (Lipinski definition) is 3. The van der Waals surface area contributed by atoms with E-state index < -0.39 is 0 Å². The first-order valence-electron chi connectivity index (χ1n) is 9.93. The molecule has 3 aromatic rings. The number of benzene rings is 2. The highest BCUT2D eigenvalue weighted by Crippen LogP contribution is 2.23. The van der Waals surface area contributed by atoms with Gasteiger partial charge in [-0.1, -0.05) is 36.4 Å². The van der Waals surface area contributed by atoms with Crippen LogP contribution < -0.4 is 5.32 Å². The average molecular weight is 377 g/mol. The number of carbonyl (C=O) groups excluding carboxylic acids is 1. The van der Waals surface area contributed by atoms with Gasteiger partial charge < -0.3 is 14.8 Å². The number of aryl methyl sites for hydroxylation is 1. The van der Waals surface area contributed by atoms with Gasteiger partial charge in [-0.2, -0.15) is 0 Å². The lowest BCUT2D eigenvalue weighted by Gasteiger charge is -2.38. The van der Waals surface area contributed by atoms with Crippen molar-refractivity contribution in [2.24, 2.45) is 7.05 Å². The summed E-state index contributed by atoms with van der Waals surface area (Å²) in [7, 11) is 4.24. The molecule has 1 fully saturated rings. The molecule has 1 unspecified atom stereocenters. The molecule has 2 aromatic carbocycles. The normalized spacial score (nSPS) is 16.9. The van der Waals surface area contributed by atoms with Crippen LogP contribution in [0.4, 0.5) is 0 Å². The van der Waals surface area contributed by atoms with Gasteiger partial charge in [-0.05, 0) is 36.0 Å². The second kappa shape index (κ2) is 8.17. The molecule has 1 N–H and O–H groups in total. The van der Waals surface area contributed by atoms with Gasteiger partial charge in [-0.3, -0.25) is 9.69 Å². The third-order valence-corrected chi connectivity index (χ3v) is 5.79. The Kier molecular flexibility index (Phi) is 5.46. The van der Waals surface area contributed by atoms with Crippen LogP contribution in [0.1, 0.15) is 22.1 Å². The van der Waals surface area contributed by atoms with Gasteiger partial charge in [0.1, 0.15) is 0 Å². The molecule has 1 aromatic heterocycles. The topological polar surface area (TPSA) is 40.5 Å². The quantitative estimate of drug-likeness (QED) is 0.744. The van der Waals surface area contributed by atoms with Crippen LogP contribution in [0.2, 0.25) is 0 Å². The summed E-state index contributed by atoms with van der Waals surface area (Å²) < 4.78 is 2.16. The molecule has 28 heavy (non-hydrogen) atoms. The lowest BCUT2D eigenvalue weighted by molar-refractivity contribution is 0.0878. The molecular formula is C23H28N4O. The summed E-state index contributed by atoms with van der Waals surface area (Å²) in [5, 5.41) is 5.30. The van der Waals surface area contributed by atoms with Crippen LogP contribution in [0.3, 0.4) is 0 Å². The van der Waals surface area contributed by atoms with Gasteiger partial charge in [0.15, 0.2) is 0 Å². The van der Waals surface area contributed by atoms with E-state index in [1.807, 2.05) is 42.5 Å². The van der Waals surface area contributed by atoms with E-state index in [1.54, 1.807) is 0 Å². The zero-order valence-electron chi connectivity index (χ0n) is 16.6. The number of nitrogens with zero attached hydrogens (tertiary/aromatic N) is 3. The lowest BCUT2D eigenvalue weighted by atomic mass is 10.0. The summed E-state index contributed by atoms with van der Waals surface area (Å²) in [5.41, 5.74) is 1.98. The Hall–Kier alpha value is -2.63. The fourth-order valence-electron chi connectivity index (χ4n) is 4.08. The first-order chi connectivity index (χ1) is 13.6. The number of piperazine rings is 1. The van der Waals surface area contributed by atoms with Crippen molar-refractivity contribution in [1.82, 2.24) is 19.7 Å². The van der Waals surface area contributed by atoms with E-state index in [2.05, 4.69) is 52.1 Å². The number of amides is 1. The molecule has 1 aliphatic heterocycles. The molecule has 1 atom stereocenters. The summed E-state index contributed by atoms with van der Waals surface area (Å²) in [4.78, 5) is 17.8. The van der Waals surface area contributed by atoms with E-state index in [9.17, 15) is 4.79 Å². The minimum atomic E-state index is -0.00913. The molecule has 5 nitrogen and oxygen atoms in total. The third kappa shape index (κ3) is 3.81. The van der Waals surface area contributed by atoms with E-state index in [4.69, 9.17) is 0 Å². The van der Waals surface area contributed by atoms with Crippen LogP contribution in [0.15, 0.2) is 60.8 Å². The van der Waals surface area contributed by atoms with E-state index in [0.717, 1.165) is 42.5 Å². The van der Waals surface area contributed by atoms with Gasteiger partial charge in [-0.15, -0.1) is 0 Å². The highest BCUT2D eigenvalue weighted by molar-refractivity contribution is 6.07. The molecular weight excluding hydrogens is 348 g/mol. The Bertz CT molecular complexity index is 951. The molecule has 5 heteroatoms. The van der Waals surface area contributed by atoms with Crippen LogP contribution in [-0.2, 0) is 7.05 Å². The first kappa shape index (κ1) is 18.7. The largest absolute Gasteiger partial charge is 0.353 e. The molecule has 146 valence electrons. The van der Waals surface area contributed by atoms with Gasteiger partial charge >= 0.3 is 0 Å². The van der Waals surface area contributed by atoms with Crippen LogP contribution in [-0.4, -0.2) is 60.0 Å². The second-order valence-electron chi connectivity index (χ2n) is 7.64. The molecule has 1 aliphatic rings. The van der Waals surface area contributed by atoms with Crippen molar-refractivity contribution in [3.8, 4) is 0 Å². The van der Waals surface area contributed by atoms with Gasteiger partial charge in [-0.25, -0.2) is 0 Å². The lowest BCUT2D eigenvalue weighted by Crippen LogP contribution is -2.48. The van der Waals surface area contributed by atoms with Gasteiger partial charge in [0.2, 0.25) is 0 Å². The predicted octanol–water partition coefficient (Wildman–Crippen LogP) is 2.90. The molecule has 2 heterocycles.